The molecule has 0 spiro atoms. The molecule has 0 aliphatic carbocycles. The Hall–Kier alpha value is -4.70. The number of carbonyl (C=O) groups is 3. The summed E-state index contributed by atoms with van der Waals surface area (Å²) in [5.41, 5.74) is 15.1. The lowest BCUT2D eigenvalue weighted by atomic mass is 10.0. The summed E-state index contributed by atoms with van der Waals surface area (Å²) in [5.74, 6) is -1.12. The number of carbonyl (C=O) groups excluding carboxylic acids is 3. The SMILES string of the molecule is NCCC[C@@H](NC(=O)[C@H](Cc1c[nH]c2ccccc12)NC(=O)N(CCCc1ccccc1)CCc1ccccn1)C(N)=O. The topological polar surface area (TPSA) is 159 Å². The van der Waals surface area contributed by atoms with Gasteiger partial charge in [0.15, 0.2) is 0 Å². The van der Waals surface area contributed by atoms with Crippen LogP contribution in [-0.2, 0) is 28.9 Å². The van der Waals surface area contributed by atoms with Gasteiger partial charge in [-0.15, -0.1) is 0 Å². The van der Waals surface area contributed by atoms with E-state index < -0.39 is 23.9 Å². The maximum Gasteiger partial charge on any atom is 0.318 e. The number of aromatic nitrogens is 2. The van der Waals surface area contributed by atoms with E-state index >= 15 is 0 Å². The van der Waals surface area contributed by atoms with Crippen LogP contribution in [0.25, 0.3) is 10.9 Å². The molecule has 7 N–H and O–H groups in total. The number of rotatable bonds is 16. The second-order valence-electron chi connectivity index (χ2n) is 10.6. The molecule has 0 saturated carbocycles. The second kappa shape index (κ2) is 16.1. The Kier molecular flexibility index (Phi) is 11.7. The smallest absolute Gasteiger partial charge is 0.318 e. The van der Waals surface area contributed by atoms with Gasteiger partial charge in [0, 0.05) is 54.9 Å². The highest BCUT2D eigenvalue weighted by atomic mass is 16.2. The van der Waals surface area contributed by atoms with Crippen LogP contribution in [0.5, 0.6) is 0 Å². The maximum absolute atomic E-state index is 13.8. The normalized spacial score (nSPS) is 12.4. The monoisotopic (exact) mass is 583 g/mol. The van der Waals surface area contributed by atoms with E-state index in [4.69, 9.17) is 11.5 Å². The number of aryl methyl sites for hydroxylation is 1. The number of fused-ring (bicyclic) bond motifs is 1. The minimum Gasteiger partial charge on any atom is -0.368 e. The third kappa shape index (κ3) is 9.40. The highest BCUT2D eigenvalue weighted by molar-refractivity contribution is 5.92. The van der Waals surface area contributed by atoms with Gasteiger partial charge in [-0.3, -0.25) is 14.6 Å². The van der Waals surface area contributed by atoms with Crippen LogP contribution in [0.1, 0.15) is 36.1 Å². The molecule has 2 aromatic heterocycles. The number of urea groups is 1. The van der Waals surface area contributed by atoms with Crippen molar-refractivity contribution in [2.75, 3.05) is 19.6 Å². The molecule has 0 saturated heterocycles. The van der Waals surface area contributed by atoms with Crippen molar-refractivity contribution < 1.29 is 14.4 Å². The zero-order chi connectivity index (χ0) is 30.4. The molecule has 0 radical (unpaired) electrons. The van der Waals surface area contributed by atoms with Crippen LogP contribution in [-0.4, -0.2) is 64.4 Å². The van der Waals surface area contributed by atoms with E-state index in [1.165, 1.54) is 5.56 Å². The lowest BCUT2D eigenvalue weighted by Gasteiger charge is -2.27. The van der Waals surface area contributed by atoms with E-state index in [1.807, 2.05) is 66.9 Å². The Balaban J connectivity index is 1.52. The van der Waals surface area contributed by atoms with Crippen molar-refractivity contribution in [2.45, 2.75) is 50.6 Å². The van der Waals surface area contributed by atoms with Gasteiger partial charge in [-0.05, 0) is 61.6 Å². The summed E-state index contributed by atoms with van der Waals surface area (Å²) >= 11 is 0. The van der Waals surface area contributed by atoms with Gasteiger partial charge in [-0.1, -0.05) is 54.6 Å². The summed E-state index contributed by atoms with van der Waals surface area (Å²) in [6, 6.07) is 21.4. The number of primary amides is 1. The van der Waals surface area contributed by atoms with Gasteiger partial charge in [0.25, 0.3) is 0 Å². The lowest BCUT2D eigenvalue weighted by Crippen LogP contribution is -2.56. The highest BCUT2D eigenvalue weighted by Crippen LogP contribution is 2.19. The largest absolute Gasteiger partial charge is 0.368 e. The first kappa shape index (κ1) is 31.2. The molecule has 2 atom stereocenters. The summed E-state index contributed by atoms with van der Waals surface area (Å²) in [4.78, 5) is 48.9. The predicted molar refractivity (Wildman–Crippen MR) is 168 cm³/mol. The van der Waals surface area contributed by atoms with E-state index in [1.54, 1.807) is 11.1 Å². The number of nitrogens with two attached hydrogens (primary N) is 2. The zero-order valence-electron chi connectivity index (χ0n) is 24.4. The summed E-state index contributed by atoms with van der Waals surface area (Å²) < 4.78 is 0. The summed E-state index contributed by atoms with van der Waals surface area (Å²) in [6.45, 7) is 1.29. The number of pyridine rings is 1. The molecule has 4 rings (SSSR count). The average Bonchev–Trinajstić information content (AvgIpc) is 3.44. The first-order valence-corrected chi connectivity index (χ1v) is 14.8. The van der Waals surface area contributed by atoms with Crippen LogP contribution < -0.4 is 22.1 Å². The van der Waals surface area contributed by atoms with Crippen LogP contribution in [0.4, 0.5) is 4.79 Å². The number of H-pyrrole nitrogens is 1. The molecule has 226 valence electrons. The molecule has 0 unspecified atom stereocenters. The van der Waals surface area contributed by atoms with Crippen molar-refractivity contribution in [1.82, 2.24) is 25.5 Å². The Morgan fingerprint density at radius 3 is 2.37 bits per heavy atom. The lowest BCUT2D eigenvalue weighted by molar-refractivity contribution is -0.128. The van der Waals surface area contributed by atoms with E-state index in [0.717, 1.165) is 35.0 Å². The summed E-state index contributed by atoms with van der Waals surface area (Å²) in [5, 5.41) is 6.68. The minimum atomic E-state index is -0.946. The molecule has 10 heteroatoms. The molecule has 0 fully saturated rings. The third-order valence-electron chi connectivity index (χ3n) is 7.46. The third-order valence-corrected chi connectivity index (χ3v) is 7.46. The summed E-state index contributed by atoms with van der Waals surface area (Å²) in [7, 11) is 0. The molecule has 0 aliphatic heterocycles. The summed E-state index contributed by atoms with van der Waals surface area (Å²) in [6.07, 6.45) is 6.78. The average molecular weight is 584 g/mol. The first-order valence-electron chi connectivity index (χ1n) is 14.8. The maximum atomic E-state index is 13.8. The van der Waals surface area contributed by atoms with Crippen LogP contribution in [0.15, 0.2) is 85.2 Å². The molecule has 43 heavy (non-hydrogen) atoms. The molecular formula is C33H41N7O3. The number of hydrogen-bond donors (Lipinski definition) is 5. The fourth-order valence-corrected chi connectivity index (χ4v) is 5.08. The van der Waals surface area contributed by atoms with E-state index in [-0.39, 0.29) is 12.5 Å². The fourth-order valence-electron chi connectivity index (χ4n) is 5.08. The Bertz CT molecular complexity index is 1460. The van der Waals surface area contributed by atoms with Gasteiger partial charge in [0.05, 0.1) is 0 Å². The second-order valence-corrected chi connectivity index (χ2v) is 10.6. The minimum absolute atomic E-state index is 0.224. The molecule has 4 amide bonds. The van der Waals surface area contributed by atoms with Crippen molar-refractivity contribution >= 4 is 28.7 Å². The number of nitrogens with one attached hydrogen (secondary N) is 3. The van der Waals surface area contributed by atoms with Crippen molar-refractivity contribution in [3.8, 4) is 0 Å². The number of benzene rings is 2. The Morgan fingerprint density at radius 1 is 0.860 bits per heavy atom. The van der Waals surface area contributed by atoms with Gasteiger partial charge >= 0.3 is 6.03 Å². The van der Waals surface area contributed by atoms with Crippen molar-refractivity contribution in [3.63, 3.8) is 0 Å². The Morgan fingerprint density at radius 2 is 1.63 bits per heavy atom. The van der Waals surface area contributed by atoms with Gasteiger partial charge in [0.2, 0.25) is 11.8 Å². The van der Waals surface area contributed by atoms with Crippen LogP contribution in [0, 0.1) is 0 Å². The molecule has 2 aromatic carbocycles. The van der Waals surface area contributed by atoms with E-state index in [0.29, 0.717) is 38.9 Å². The fraction of sp³-hybridized carbons (Fsp3) is 0.333. The van der Waals surface area contributed by atoms with Crippen molar-refractivity contribution in [1.29, 1.82) is 0 Å². The van der Waals surface area contributed by atoms with E-state index in [2.05, 4.69) is 32.7 Å². The van der Waals surface area contributed by atoms with E-state index in [9.17, 15) is 14.4 Å². The predicted octanol–water partition coefficient (Wildman–Crippen LogP) is 3.07. The number of para-hydroxylation sites is 1. The van der Waals surface area contributed by atoms with Crippen LogP contribution in [0.2, 0.25) is 0 Å². The van der Waals surface area contributed by atoms with Gasteiger partial charge < -0.3 is 32.0 Å². The molecule has 0 aliphatic rings. The number of nitrogens with zero attached hydrogens (tertiary/aromatic N) is 2. The quantitative estimate of drug-likeness (QED) is 0.137. The number of aromatic amines is 1. The number of hydrogen-bond acceptors (Lipinski definition) is 5. The molecule has 2 heterocycles. The Labute approximate surface area is 252 Å². The number of amides is 4. The molecular weight excluding hydrogens is 542 g/mol. The van der Waals surface area contributed by atoms with Gasteiger partial charge in [0.1, 0.15) is 12.1 Å². The van der Waals surface area contributed by atoms with Crippen LogP contribution >= 0.6 is 0 Å². The first-order chi connectivity index (χ1) is 20.9. The zero-order valence-corrected chi connectivity index (χ0v) is 24.4. The highest BCUT2D eigenvalue weighted by Gasteiger charge is 2.28. The molecule has 4 aromatic rings. The van der Waals surface area contributed by atoms with Crippen LogP contribution in [0.3, 0.4) is 0 Å². The molecule has 0 bridgehead atoms. The standard InChI is InChI=1S/C33H41N7O3/c34-18-8-16-29(31(35)41)38-32(42)30(22-25-23-37-28-15-5-4-14-27(25)28)39-33(43)40(21-17-26-13-6-7-19-36-26)20-9-12-24-10-2-1-3-11-24/h1-7,10-11,13-15,19,23,29-30,37H,8-9,12,16-18,20-22,34H2,(H2,35,41)(H,38,42)(H,39,43)/t29-,30+/m1/s1. The van der Waals surface area contributed by atoms with Gasteiger partial charge in [-0.25, -0.2) is 4.79 Å². The molecule has 10 nitrogen and oxygen atoms in total. The van der Waals surface area contributed by atoms with Gasteiger partial charge in [-0.2, -0.15) is 0 Å². The van der Waals surface area contributed by atoms with Crippen molar-refractivity contribution in [2.24, 2.45) is 11.5 Å². The van der Waals surface area contributed by atoms with Crippen molar-refractivity contribution in [3.05, 3.63) is 102 Å².